The van der Waals surface area contributed by atoms with E-state index in [2.05, 4.69) is 0 Å². The van der Waals surface area contributed by atoms with E-state index < -0.39 is 11.6 Å². The average Bonchev–Trinajstić information content (AvgIpc) is 2.03. The topological polar surface area (TPSA) is 20.3 Å². The standard InChI is InChI=1S/C8H7F2NO/c1-11(5-12)8-6(9)3-2-4-7(8)10/h2-5H,1H3. The predicted octanol–water partition coefficient (Wildman–Crippen LogP) is 1.56. The molecule has 0 radical (unpaired) electrons. The first-order valence-electron chi connectivity index (χ1n) is 3.29. The molecule has 1 amide bonds. The van der Waals surface area contributed by atoms with Crippen molar-refractivity contribution in [3.8, 4) is 0 Å². The van der Waals surface area contributed by atoms with Gasteiger partial charge in [-0.25, -0.2) is 8.78 Å². The Balaban J connectivity index is 3.20. The molecule has 4 heteroatoms. The fourth-order valence-corrected chi connectivity index (χ4v) is 0.879. The molecule has 2 nitrogen and oxygen atoms in total. The number of anilines is 1. The lowest BCUT2D eigenvalue weighted by Gasteiger charge is -2.11. The van der Waals surface area contributed by atoms with E-state index >= 15 is 0 Å². The summed E-state index contributed by atoms with van der Waals surface area (Å²) in [5, 5.41) is 0. The van der Waals surface area contributed by atoms with Gasteiger partial charge in [-0.3, -0.25) is 4.79 Å². The number of hydrogen-bond donors (Lipinski definition) is 0. The van der Waals surface area contributed by atoms with Crippen molar-refractivity contribution in [3.63, 3.8) is 0 Å². The van der Waals surface area contributed by atoms with E-state index in [0.29, 0.717) is 6.41 Å². The quantitative estimate of drug-likeness (QED) is 0.618. The zero-order valence-corrected chi connectivity index (χ0v) is 6.42. The Bertz CT molecular complexity index is 281. The first-order valence-corrected chi connectivity index (χ1v) is 3.29. The second kappa shape index (κ2) is 3.30. The minimum atomic E-state index is -0.746. The Morgan fingerprint density at radius 1 is 1.33 bits per heavy atom. The molecule has 0 bridgehead atoms. The summed E-state index contributed by atoms with van der Waals surface area (Å²) in [4.78, 5) is 11.1. The highest BCUT2D eigenvalue weighted by Gasteiger charge is 2.11. The third-order valence-electron chi connectivity index (χ3n) is 1.45. The summed E-state index contributed by atoms with van der Waals surface area (Å²) >= 11 is 0. The zero-order chi connectivity index (χ0) is 9.14. The molecule has 64 valence electrons. The number of benzene rings is 1. The normalized spacial score (nSPS) is 9.58. The maximum absolute atomic E-state index is 12.8. The third kappa shape index (κ3) is 1.42. The third-order valence-corrected chi connectivity index (χ3v) is 1.45. The van der Waals surface area contributed by atoms with Crippen molar-refractivity contribution in [1.82, 2.24) is 0 Å². The lowest BCUT2D eigenvalue weighted by atomic mass is 10.3. The Morgan fingerprint density at radius 3 is 2.25 bits per heavy atom. The molecule has 0 saturated heterocycles. The summed E-state index contributed by atoms with van der Waals surface area (Å²) in [6, 6.07) is 3.43. The van der Waals surface area contributed by atoms with Crippen LogP contribution in [0.1, 0.15) is 0 Å². The monoisotopic (exact) mass is 171 g/mol. The van der Waals surface area contributed by atoms with Gasteiger partial charge in [0.05, 0.1) is 0 Å². The van der Waals surface area contributed by atoms with Crippen LogP contribution in [-0.2, 0) is 4.79 Å². The van der Waals surface area contributed by atoms with Crippen molar-refractivity contribution in [2.24, 2.45) is 0 Å². The van der Waals surface area contributed by atoms with Crippen LogP contribution in [0.3, 0.4) is 0 Å². The number of amides is 1. The Labute approximate surface area is 68.4 Å². The molecule has 0 aliphatic rings. The van der Waals surface area contributed by atoms with E-state index in [1.54, 1.807) is 0 Å². The lowest BCUT2D eigenvalue weighted by Crippen LogP contribution is -2.16. The number of hydrogen-bond acceptors (Lipinski definition) is 1. The summed E-state index contributed by atoms with van der Waals surface area (Å²) in [5.41, 5.74) is -0.326. The van der Waals surface area contributed by atoms with E-state index in [9.17, 15) is 13.6 Å². The molecule has 12 heavy (non-hydrogen) atoms. The second-order valence-electron chi connectivity index (χ2n) is 2.29. The van der Waals surface area contributed by atoms with Crippen molar-refractivity contribution in [2.45, 2.75) is 0 Å². The van der Waals surface area contributed by atoms with Crippen LogP contribution in [0, 0.1) is 11.6 Å². The fourth-order valence-electron chi connectivity index (χ4n) is 0.879. The Morgan fingerprint density at radius 2 is 1.83 bits per heavy atom. The molecule has 0 aliphatic heterocycles. The van der Waals surface area contributed by atoms with Crippen molar-refractivity contribution in [1.29, 1.82) is 0 Å². The van der Waals surface area contributed by atoms with Crippen molar-refractivity contribution >= 4 is 12.1 Å². The molecule has 0 saturated carbocycles. The van der Waals surface area contributed by atoms with Crippen LogP contribution in [0.5, 0.6) is 0 Å². The van der Waals surface area contributed by atoms with E-state index in [4.69, 9.17) is 0 Å². The highest BCUT2D eigenvalue weighted by Crippen LogP contribution is 2.20. The number of carbonyl (C=O) groups is 1. The summed E-state index contributed by atoms with van der Waals surface area (Å²) in [7, 11) is 1.29. The second-order valence-corrected chi connectivity index (χ2v) is 2.29. The number of rotatable bonds is 2. The Hall–Kier alpha value is -1.45. The van der Waals surface area contributed by atoms with Gasteiger partial charge in [0.25, 0.3) is 0 Å². The molecule has 1 aromatic carbocycles. The minimum absolute atomic E-state index is 0.326. The fraction of sp³-hybridized carbons (Fsp3) is 0.125. The van der Waals surface area contributed by atoms with E-state index in [1.165, 1.54) is 13.1 Å². The summed E-state index contributed by atoms with van der Waals surface area (Å²) < 4.78 is 25.7. The Kier molecular flexibility index (Phi) is 2.38. The molecule has 0 aliphatic carbocycles. The van der Waals surface area contributed by atoms with Gasteiger partial charge in [0, 0.05) is 7.05 Å². The van der Waals surface area contributed by atoms with Crippen molar-refractivity contribution in [2.75, 3.05) is 11.9 Å². The average molecular weight is 171 g/mol. The van der Waals surface area contributed by atoms with Gasteiger partial charge in [-0.15, -0.1) is 0 Å². The maximum Gasteiger partial charge on any atom is 0.214 e. The molecule has 1 rings (SSSR count). The number of para-hydroxylation sites is 1. The van der Waals surface area contributed by atoms with Crippen molar-refractivity contribution in [3.05, 3.63) is 29.8 Å². The predicted molar refractivity (Wildman–Crippen MR) is 40.8 cm³/mol. The summed E-state index contributed by atoms with van der Waals surface area (Å²) in [5.74, 6) is -1.49. The van der Waals surface area contributed by atoms with Gasteiger partial charge in [0.2, 0.25) is 6.41 Å². The number of carbonyl (C=O) groups excluding carboxylic acids is 1. The van der Waals surface area contributed by atoms with Crippen LogP contribution in [-0.4, -0.2) is 13.5 Å². The lowest BCUT2D eigenvalue weighted by molar-refractivity contribution is -0.107. The maximum atomic E-state index is 12.8. The summed E-state index contributed by atoms with van der Waals surface area (Å²) in [6.07, 6.45) is 0.349. The molecular weight excluding hydrogens is 164 g/mol. The smallest absolute Gasteiger partial charge is 0.214 e. The zero-order valence-electron chi connectivity index (χ0n) is 6.42. The molecule has 0 aromatic heterocycles. The van der Waals surface area contributed by atoms with Gasteiger partial charge >= 0.3 is 0 Å². The van der Waals surface area contributed by atoms with Crippen molar-refractivity contribution < 1.29 is 13.6 Å². The number of nitrogens with zero attached hydrogens (tertiary/aromatic N) is 1. The highest BCUT2D eigenvalue weighted by molar-refractivity contribution is 5.74. The molecular formula is C8H7F2NO. The molecule has 0 spiro atoms. The van der Waals surface area contributed by atoms with Crippen LogP contribution in [0.2, 0.25) is 0 Å². The molecule has 0 atom stereocenters. The van der Waals surface area contributed by atoms with E-state index in [0.717, 1.165) is 17.0 Å². The first kappa shape index (κ1) is 8.64. The van der Waals surface area contributed by atoms with Crippen LogP contribution in [0.15, 0.2) is 18.2 Å². The first-order chi connectivity index (χ1) is 5.66. The van der Waals surface area contributed by atoms with Gasteiger partial charge < -0.3 is 4.90 Å². The summed E-state index contributed by atoms with van der Waals surface area (Å²) in [6.45, 7) is 0. The van der Waals surface area contributed by atoms with Crippen LogP contribution in [0.4, 0.5) is 14.5 Å². The largest absolute Gasteiger partial charge is 0.313 e. The molecule has 0 unspecified atom stereocenters. The van der Waals surface area contributed by atoms with Gasteiger partial charge in [0.1, 0.15) is 17.3 Å². The minimum Gasteiger partial charge on any atom is -0.313 e. The molecule has 1 aromatic rings. The van der Waals surface area contributed by atoms with E-state index in [-0.39, 0.29) is 5.69 Å². The molecule has 0 heterocycles. The molecule has 0 N–H and O–H groups in total. The van der Waals surface area contributed by atoms with Crippen LogP contribution < -0.4 is 4.90 Å². The van der Waals surface area contributed by atoms with Gasteiger partial charge in [0.15, 0.2) is 0 Å². The number of halogens is 2. The van der Waals surface area contributed by atoms with E-state index in [1.807, 2.05) is 0 Å². The van der Waals surface area contributed by atoms with Gasteiger partial charge in [-0.05, 0) is 12.1 Å². The van der Waals surface area contributed by atoms with Crippen LogP contribution >= 0.6 is 0 Å². The van der Waals surface area contributed by atoms with Gasteiger partial charge in [-0.1, -0.05) is 6.07 Å². The molecule has 0 fully saturated rings. The van der Waals surface area contributed by atoms with Crippen LogP contribution in [0.25, 0.3) is 0 Å². The van der Waals surface area contributed by atoms with Gasteiger partial charge in [-0.2, -0.15) is 0 Å². The SMILES string of the molecule is CN(C=O)c1c(F)cccc1F. The highest BCUT2D eigenvalue weighted by atomic mass is 19.1.